The van der Waals surface area contributed by atoms with Crippen LogP contribution in [0.2, 0.25) is 0 Å². The van der Waals surface area contributed by atoms with Crippen LogP contribution in [0.25, 0.3) is 0 Å². The van der Waals surface area contributed by atoms with E-state index in [1.165, 1.54) is 0 Å². The fraction of sp³-hybridized carbons (Fsp3) is 0.444. The zero-order valence-corrected chi connectivity index (χ0v) is 13.9. The normalized spacial score (nSPS) is 16.9. The SMILES string of the molecule is CCOCC(=O)N1Cc2cccn2[C@@H](COCc2ccncc2)C1. The minimum Gasteiger partial charge on any atom is -0.375 e. The Morgan fingerprint density at radius 2 is 2.12 bits per heavy atom. The van der Waals surface area contributed by atoms with Crippen molar-refractivity contribution in [2.24, 2.45) is 0 Å². The lowest BCUT2D eigenvalue weighted by molar-refractivity contribution is -0.138. The number of hydrogen-bond acceptors (Lipinski definition) is 4. The van der Waals surface area contributed by atoms with Crippen molar-refractivity contribution < 1.29 is 14.3 Å². The number of carbonyl (C=O) groups excluding carboxylic acids is 1. The summed E-state index contributed by atoms with van der Waals surface area (Å²) in [7, 11) is 0. The zero-order valence-electron chi connectivity index (χ0n) is 13.9. The summed E-state index contributed by atoms with van der Waals surface area (Å²) < 4.78 is 13.3. The van der Waals surface area contributed by atoms with Crippen LogP contribution in [0.5, 0.6) is 0 Å². The maximum atomic E-state index is 12.3. The number of carbonyl (C=O) groups is 1. The standard InChI is InChI=1S/C18H23N3O3/c1-2-23-14-18(22)20-10-16-4-3-9-21(16)17(11-20)13-24-12-15-5-7-19-8-6-15/h3-9,17H,2,10-14H2,1H3/t17-/m1/s1. The second-order valence-electron chi connectivity index (χ2n) is 5.84. The van der Waals surface area contributed by atoms with Gasteiger partial charge >= 0.3 is 0 Å². The number of nitrogens with zero attached hydrogens (tertiary/aromatic N) is 3. The Labute approximate surface area is 142 Å². The van der Waals surface area contributed by atoms with Crippen molar-refractivity contribution in [1.82, 2.24) is 14.5 Å². The highest BCUT2D eigenvalue weighted by atomic mass is 16.5. The lowest BCUT2D eigenvalue weighted by atomic mass is 10.2. The summed E-state index contributed by atoms with van der Waals surface area (Å²) in [6, 6.07) is 8.08. The van der Waals surface area contributed by atoms with Gasteiger partial charge in [-0.05, 0) is 36.8 Å². The Hall–Kier alpha value is -2.18. The maximum Gasteiger partial charge on any atom is 0.248 e. The molecule has 0 fully saturated rings. The second-order valence-corrected chi connectivity index (χ2v) is 5.84. The number of pyridine rings is 1. The lowest BCUT2D eigenvalue weighted by Crippen LogP contribution is -2.43. The number of hydrogen-bond donors (Lipinski definition) is 0. The minimum atomic E-state index is 0.0310. The van der Waals surface area contributed by atoms with Gasteiger partial charge in [-0.25, -0.2) is 0 Å². The molecule has 1 aliphatic rings. The fourth-order valence-corrected chi connectivity index (χ4v) is 2.92. The summed E-state index contributed by atoms with van der Waals surface area (Å²) in [6.45, 7) is 4.95. The highest BCUT2D eigenvalue weighted by Gasteiger charge is 2.27. The molecule has 2 aromatic rings. The number of aromatic nitrogens is 2. The predicted molar refractivity (Wildman–Crippen MR) is 89.3 cm³/mol. The summed E-state index contributed by atoms with van der Waals surface area (Å²) >= 11 is 0. The van der Waals surface area contributed by atoms with Crippen LogP contribution < -0.4 is 0 Å². The molecule has 0 radical (unpaired) electrons. The number of amides is 1. The van der Waals surface area contributed by atoms with Gasteiger partial charge in [0.05, 0.1) is 25.8 Å². The molecule has 3 heterocycles. The van der Waals surface area contributed by atoms with Crippen molar-refractivity contribution in [3.63, 3.8) is 0 Å². The van der Waals surface area contributed by atoms with Gasteiger partial charge in [0.2, 0.25) is 5.91 Å². The highest BCUT2D eigenvalue weighted by Crippen LogP contribution is 2.22. The van der Waals surface area contributed by atoms with E-state index in [9.17, 15) is 4.79 Å². The third-order valence-electron chi connectivity index (χ3n) is 4.16. The third-order valence-corrected chi connectivity index (χ3v) is 4.16. The molecule has 24 heavy (non-hydrogen) atoms. The molecule has 1 aliphatic heterocycles. The fourth-order valence-electron chi connectivity index (χ4n) is 2.92. The molecule has 6 heteroatoms. The molecular weight excluding hydrogens is 306 g/mol. The van der Waals surface area contributed by atoms with Crippen molar-refractivity contribution in [3.05, 3.63) is 54.1 Å². The third kappa shape index (κ3) is 4.01. The van der Waals surface area contributed by atoms with E-state index < -0.39 is 0 Å². The van der Waals surface area contributed by atoms with Crippen molar-refractivity contribution in [3.8, 4) is 0 Å². The molecule has 0 aromatic carbocycles. The van der Waals surface area contributed by atoms with Crippen LogP contribution in [-0.4, -0.2) is 46.7 Å². The molecule has 1 atom stereocenters. The first-order chi connectivity index (χ1) is 11.8. The van der Waals surface area contributed by atoms with E-state index in [1.807, 2.05) is 30.0 Å². The van der Waals surface area contributed by atoms with E-state index in [0.717, 1.165) is 11.3 Å². The molecule has 0 N–H and O–H groups in total. The molecule has 0 saturated carbocycles. The molecule has 128 valence electrons. The Morgan fingerprint density at radius 1 is 1.29 bits per heavy atom. The monoisotopic (exact) mass is 329 g/mol. The summed E-state index contributed by atoms with van der Waals surface area (Å²) in [4.78, 5) is 18.1. The van der Waals surface area contributed by atoms with Gasteiger partial charge in [0, 0.05) is 37.4 Å². The van der Waals surface area contributed by atoms with Crippen molar-refractivity contribution in [1.29, 1.82) is 0 Å². The van der Waals surface area contributed by atoms with Crippen LogP contribution in [0.3, 0.4) is 0 Å². The number of ether oxygens (including phenoxy) is 2. The molecule has 0 saturated heterocycles. The molecule has 6 nitrogen and oxygen atoms in total. The lowest BCUT2D eigenvalue weighted by Gasteiger charge is -2.35. The maximum absolute atomic E-state index is 12.3. The van der Waals surface area contributed by atoms with Gasteiger partial charge < -0.3 is 18.9 Å². The van der Waals surface area contributed by atoms with E-state index in [0.29, 0.717) is 32.9 Å². The van der Waals surface area contributed by atoms with Crippen LogP contribution in [0, 0.1) is 0 Å². The molecule has 1 amide bonds. The summed E-state index contributed by atoms with van der Waals surface area (Å²) in [5.74, 6) is 0.0310. The van der Waals surface area contributed by atoms with Gasteiger partial charge in [0.1, 0.15) is 6.61 Å². The molecule has 0 bridgehead atoms. The van der Waals surface area contributed by atoms with E-state index >= 15 is 0 Å². The summed E-state index contributed by atoms with van der Waals surface area (Å²) in [5, 5.41) is 0. The average molecular weight is 329 g/mol. The molecule has 0 unspecified atom stereocenters. The van der Waals surface area contributed by atoms with Gasteiger partial charge in [-0.3, -0.25) is 9.78 Å². The Morgan fingerprint density at radius 3 is 2.92 bits per heavy atom. The molecule has 0 spiro atoms. The topological polar surface area (TPSA) is 56.6 Å². The first kappa shape index (κ1) is 16.7. The van der Waals surface area contributed by atoms with Crippen molar-refractivity contribution >= 4 is 5.91 Å². The number of rotatable bonds is 7. The van der Waals surface area contributed by atoms with Crippen molar-refractivity contribution in [2.75, 3.05) is 26.4 Å². The number of fused-ring (bicyclic) bond motifs is 1. The van der Waals surface area contributed by atoms with Crippen LogP contribution in [0.15, 0.2) is 42.9 Å². The minimum absolute atomic E-state index is 0.0310. The van der Waals surface area contributed by atoms with Crippen LogP contribution >= 0.6 is 0 Å². The van der Waals surface area contributed by atoms with Gasteiger partial charge in [-0.2, -0.15) is 0 Å². The molecular formula is C18H23N3O3. The summed E-state index contributed by atoms with van der Waals surface area (Å²) in [5.41, 5.74) is 2.22. The Balaban J connectivity index is 1.60. The largest absolute Gasteiger partial charge is 0.375 e. The van der Waals surface area contributed by atoms with Gasteiger partial charge in [0.25, 0.3) is 0 Å². The Bertz CT molecular complexity index is 657. The van der Waals surface area contributed by atoms with E-state index in [1.54, 1.807) is 12.4 Å². The first-order valence-electron chi connectivity index (χ1n) is 8.25. The van der Waals surface area contributed by atoms with Crippen LogP contribution in [0.4, 0.5) is 0 Å². The van der Waals surface area contributed by atoms with Gasteiger partial charge in [0.15, 0.2) is 0 Å². The quantitative estimate of drug-likeness (QED) is 0.780. The second kappa shape index (κ2) is 8.08. The van der Waals surface area contributed by atoms with Crippen LogP contribution in [-0.2, 0) is 27.4 Å². The van der Waals surface area contributed by atoms with E-state index in [4.69, 9.17) is 9.47 Å². The molecule has 3 rings (SSSR count). The molecule has 2 aromatic heterocycles. The first-order valence-corrected chi connectivity index (χ1v) is 8.25. The van der Waals surface area contributed by atoms with Gasteiger partial charge in [-0.1, -0.05) is 0 Å². The highest BCUT2D eigenvalue weighted by molar-refractivity contribution is 5.77. The van der Waals surface area contributed by atoms with Crippen LogP contribution in [0.1, 0.15) is 24.2 Å². The van der Waals surface area contributed by atoms with E-state index in [2.05, 4.69) is 21.8 Å². The van der Waals surface area contributed by atoms with E-state index in [-0.39, 0.29) is 18.6 Å². The van der Waals surface area contributed by atoms with Crippen molar-refractivity contribution in [2.45, 2.75) is 26.1 Å². The Kier molecular flexibility index (Phi) is 5.61. The summed E-state index contributed by atoms with van der Waals surface area (Å²) in [6.07, 6.45) is 5.58. The predicted octanol–water partition coefficient (Wildman–Crippen LogP) is 2.02. The van der Waals surface area contributed by atoms with Gasteiger partial charge in [-0.15, -0.1) is 0 Å². The molecule has 0 aliphatic carbocycles. The smallest absolute Gasteiger partial charge is 0.248 e. The average Bonchev–Trinajstić information content (AvgIpc) is 3.09. The zero-order chi connectivity index (χ0) is 16.8.